The third-order valence-corrected chi connectivity index (χ3v) is 3.28. The molecule has 3 unspecified atom stereocenters. The lowest BCUT2D eigenvalue weighted by Crippen LogP contribution is -2.48. The van der Waals surface area contributed by atoms with Crippen molar-refractivity contribution in [3.63, 3.8) is 0 Å². The summed E-state index contributed by atoms with van der Waals surface area (Å²) in [5, 5.41) is 0. The molecule has 0 aliphatic heterocycles. The summed E-state index contributed by atoms with van der Waals surface area (Å²) >= 11 is 0. The van der Waals surface area contributed by atoms with Crippen molar-refractivity contribution >= 4 is 0 Å². The molecule has 0 fully saturated rings. The van der Waals surface area contributed by atoms with Crippen molar-refractivity contribution in [2.24, 2.45) is 17.2 Å². The molecule has 0 aromatic carbocycles. The van der Waals surface area contributed by atoms with Crippen LogP contribution in [0.5, 0.6) is 0 Å². The quantitative estimate of drug-likeness (QED) is 0.539. The van der Waals surface area contributed by atoms with Gasteiger partial charge in [0.1, 0.15) is 0 Å². The van der Waals surface area contributed by atoms with Gasteiger partial charge in [0.25, 0.3) is 0 Å². The normalized spacial score (nSPS) is 17.4. The Morgan fingerprint density at radius 1 is 0.688 bits per heavy atom. The fourth-order valence-electron chi connectivity index (χ4n) is 2.47. The molecule has 98 valence electrons. The first-order valence-electron chi connectivity index (χ1n) is 6.46. The fourth-order valence-corrected chi connectivity index (χ4v) is 2.47. The highest BCUT2D eigenvalue weighted by molar-refractivity contribution is 4.79. The molecule has 6 N–H and O–H groups in total. The second-order valence-electron chi connectivity index (χ2n) is 4.73. The molecule has 0 amide bonds. The molecular weight excluding hydrogens is 200 g/mol. The lowest BCUT2D eigenvalue weighted by Gasteiger charge is -2.39. The number of rotatable bonds is 9. The van der Waals surface area contributed by atoms with E-state index in [9.17, 15) is 0 Å². The number of nitrogens with two attached hydrogens (primary N) is 3. The highest BCUT2D eigenvalue weighted by atomic mass is 15.2. The minimum atomic E-state index is 0.507. The van der Waals surface area contributed by atoms with Gasteiger partial charge in [0.2, 0.25) is 0 Å². The van der Waals surface area contributed by atoms with E-state index in [1.165, 1.54) is 0 Å². The first kappa shape index (κ1) is 15.8. The van der Waals surface area contributed by atoms with Crippen LogP contribution in [0.1, 0.15) is 40.0 Å². The van der Waals surface area contributed by atoms with Gasteiger partial charge < -0.3 is 17.2 Å². The van der Waals surface area contributed by atoms with E-state index in [4.69, 9.17) is 17.2 Å². The van der Waals surface area contributed by atoms with Crippen molar-refractivity contribution < 1.29 is 0 Å². The summed E-state index contributed by atoms with van der Waals surface area (Å²) in [5.74, 6) is 0. The van der Waals surface area contributed by atoms with Gasteiger partial charge >= 0.3 is 0 Å². The Morgan fingerprint density at radius 2 is 0.938 bits per heavy atom. The molecule has 0 spiro atoms. The Hall–Kier alpha value is -0.160. The second-order valence-corrected chi connectivity index (χ2v) is 4.73. The van der Waals surface area contributed by atoms with E-state index in [1.54, 1.807) is 0 Å². The fraction of sp³-hybridized carbons (Fsp3) is 1.00. The van der Waals surface area contributed by atoms with Gasteiger partial charge in [-0.15, -0.1) is 0 Å². The van der Waals surface area contributed by atoms with E-state index in [0.717, 1.165) is 38.9 Å². The molecule has 0 bridgehead atoms. The van der Waals surface area contributed by atoms with Crippen LogP contribution in [0.25, 0.3) is 0 Å². The van der Waals surface area contributed by atoms with Gasteiger partial charge in [-0.3, -0.25) is 4.90 Å². The molecule has 0 heterocycles. The molecule has 0 radical (unpaired) electrons. The van der Waals surface area contributed by atoms with Crippen molar-refractivity contribution in [3.8, 4) is 0 Å². The van der Waals surface area contributed by atoms with E-state index < -0.39 is 0 Å². The molecule has 0 saturated carbocycles. The molecule has 3 atom stereocenters. The minimum Gasteiger partial charge on any atom is -0.330 e. The van der Waals surface area contributed by atoms with Crippen molar-refractivity contribution in [2.45, 2.75) is 58.2 Å². The molecular formula is C12H30N4. The molecule has 16 heavy (non-hydrogen) atoms. The van der Waals surface area contributed by atoms with Crippen LogP contribution in [0.3, 0.4) is 0 Å². The van der Waals surface area contributed by atoms with Crippen LogP contribution in [-0.2, 0) is 0 Å². The van der Waals surface area contributed by atoms with Crippen molar-refractivity contribution in [3.05, 3.63) is 0 Å². The van der Waals surface area contributed by atoms with E-state index in [-0.39, 0.29) is 0 Å². The average Bonchev–Trinajstić information content (AvgIpc) is 2.19. The minimum absolute atomic E-state index is 0.507. The van der Waals surface area contributed by atoms with Gasteiger partial charge in [0.15, 0.2) is 0 Å². The number of nitrogens with zero attached hydrogens (tertiary/aromatic N) is 1. The maximum Gasteiger partial charge on any atom is 0.00845 e. The summed E-state index contributed by atoms with van der Waals surface area (Å²) in [6.45, 7) is 8.94. The Balaban J connectivity index is 4.47. The Labute approximate surface area is 101 Å². The van der Waals surface area contributed by atoms with Gasteiger partial charge in [0.05, 0.1) is 0 Å². The predicted molar refractivity (Wildman–Crippen MR) is 71.2 cm³/mol. The molecule has 0 aliphatic rings. The van der Waals surface area contributed by atoms with Crippen LogP contribution in [0.2, 0.25) is 0 Å². The standard InChI is InChI=1S/C12H30N4/c1-10(4-7-13)16(11(2)5-8-14)12(3)6-9-15/h10-12H,4-9,13-15H2,1-3H3. The summed E-state index contributed by atoms with van der Waals surface area (Å²) in [6, 6.07) is 1.52. The Bertz CT molecular complexity index is 135. The van der Waals surface area contributed by atoms with Crippen LogP contribution < -0.4 is 17.2 Å². The molecule has 0 aromatic rings. The van der Waals surface area contributed by atoms with E-state index >= 15 is 0 Å². The Morgan fingerprint density at radius 3 is 1.12 bits per heavy atom. The molecule has 4 nitrogen and oxygen atoms in total. The van der Waals surface area contributed by atoms with Crippen LogP contribution in [-0.4, -0.2) is 42.7 Å². The first-order chi connectivity index (χ1) is 7.58. The van der Waals surface area contributed by atoms with Gasteiger partial charge in [-0.1, -0.05) is 0 Å². The number of hydrogen-bond acceptors (Lipinski definition) is 4. The zero-order chi connectivity index (χ0) is 12.6. The van der Waals surface area contributed by atoms with Crippen LogP contribution in [0.4, 0.5) is 0 Å². The van der Waals surface area contributed by atoms with Crippen molar-refractivity contribution in [2.75, 3.05) is 19.6 Å². The van der Waals surface area contributed by atoms with Crippen molar-refractivity contribution in [1.29, 1.82) is 0 Å². The monoisotopic (exact) mass is 230 g/mol. The SMILES string of the molecule is CC(CCN)N(C(C)CCN)C(C)CCN. The number of hydrogen-bond donors (Lipinski definition) is 3. The molecule has 0 aliphatic carbocycles. The molecule has 0 rings (SSSR count). The van der Waals surface area contributed by atoms with Crippen LogP contribution in [0, 0.1) is 0 Å². The largest absolute Gasteiger partial charge is 0.330 e. The zero-order valence-electron chi connectivity index (χ0n) is 11.2. The van der Waals surface area contributed by atoms with Crippen molar-refractivity contribution in [1.82, 2.24) is 4.90 Å². The van der Waals surface area contributed by atoms with Gasteiger partial charge in [0, 0.05) is 18.1 Å². The Kier molecular flexibility index (Phi) is 8.84. The summed E-state index contributed by atoms with van der Waals surface area (Å²) in [5.41, 5.74) is 16.9. The molecule has 0 saturated heterocycles. The maximum atomic E-state index is 5.64. The summed E-state index contributed by atoms with van der Waals surface area (Å²) in [6.07, 6.45) is 3.09. The van der Waals surface area contributed by atoms with Gasteiger partial charge in [-0.05, 0) is 59.7 Å². The van der Waals surface area contributed by atoms with Gasteiger partial charge in [-0.2, -0.15) is 0 Å². The van der Waals surface area contributed by atoms with E-state index in [1.807, 2.05) is 0 Å². The third kappa shape index (κ3) is 5.25. The second kappa shape index (κ2) is 8.93. The zero-order valence-corrected chi connectivity index (χ0v) is 11.2. The van der Waals surface area contributed by atoms with E-state index in [0.29, 0.717) is 18.1 Å². The summed E-state index contributed by atoms with van der Waals surface area (Å²) in [4.78, 5) is 2.52. The maximum absolute atomic E-state index is 5.64. The van der Waals surface area contributed by atoms with E-state index in [2.05, 4.69) is 25.7 Å². The highest BCUT2D eigenvalue weighted by Gasteiger charge is 2.23. The summed E-state index contributed by atoms with van der Waals surface area (Å²) < 4.78 is 0. The highest BCUT2D eigenvalue weighted by Crippen LogP contribution is 2.17. The first-order valence-corrected chi connectivity index (χ1v) is 6.46. The summed E-state index contributed by atoms with van der Waals surface area (Å²) in [7, 11) is 0. The molecule has 0 aromatic heterocycles. The molecule has 4 heteroatoms. The topological polar surface area (TPSA) is 81.3 Å². The lowest BCUT2D eigenvalue weighted by molar-refractivity contribution is 0.0918. The van der Waals surface area contributed by atoms with Crippen LogP contribution in [0.15, 0.2) is 0 Å². The third-order valence-electron chi connectivity index (χ3n) is 3.28. The van der Waals surface area contributed by atoms with Crippen LogP contribution >= 0.6 is 0 Å². The smallest absolute Gasteiger partial charge is 0.00845 e. The average molecular weight is 230 g/mol. The lowest BCUT2D eigenvalue weighted by atomic mass is 10.0. The predicted octanol–water partition coefficient (Wildman–Crippen LogP) is 0.500. The van der Waals surface area contributed by atoms with Gasteiger partial charge in [-0.25, -0.2) is 0 Å².